The number of urea groups is 1. The lowest BCUT2D eigenvalue weighted by Gasteiger charge is -2.15. The Bertz CT molecular complexity index is 739. The van der Waals surface area contributed by atoms with Gasteiger partial charge in [-0.15, -0.1) is 0 Å². The molecular weight excluding hydrogens is 333 g/mol. The second-order valence-electron chi connectivity index (χ2n) is 5.11. The number of hydrogen-bond acceptors (Lipinski definition) is 3. The first-order chi connectivity index (χ1) is 11.5. The predicted octanol–water partition coefficient (Wildman–Crippen LogP) is 3.48. The first-order valence-corrected chi connectivity index (χ1v) is 7.68. The molecule has 0 aromatic heterocycles. The number of nitrogens with one attached hydrogen (secondary N) is 3. The summed E-state index contributed by atoms with van der Waals surface area (Å²) in [4.78, 5) is 23.5. The Kier molecular flexibility index (Phi) is 6.28. The molecule has 0 fully saturated rings. The van der Waals surface area contributed by atoms with E-state index in [9.17, 15) is 14.0 Å². The van der Waals surface area contributed by atoms with Crippen molar-refractivity contribution in [1.82, 2.24) is 10.6 Å². The van der Waals surface area contributed by atoms with Gasteiger partial charge in [0.25, 0.3) is 0 Å². The standard InChI is InChI=1S/C17H17ClFN3O2/c1-11(12-6-2-3-7-13(12)18)20-10-16(23)22-17(24)21-15-9-5-4-8-14(15)19/h2-9,11,20H,10H2,1H3,(H2,21,22,23,24). The summed E-state index contributed by atoms with van der Waals surface area (Å²) in [6.07, 6.45) is 0. The number of benzene rings is 2. The minimum absolute atomic E-state index is 0.000180. The molecule has 2 rings (SSSR count). The molecule has 24 heavy (non-hydrogen) atoms. The third kappa shape index (κ3) is 5.04. The summed E-state index contributed by atoms with van der Waals surface area (Å²) in [7, 11) is 0. The zero-order valence-corrected chi connectivity index (χ0v) is 13.7. The van der Waals surface area contributed by atoms with Gasteiger partial charge in [0, 0.05) is 11.1 Å². The molecule has 0 saturated carbocycles. The Morgan fingerprint density at radius 3 is 2.50 bits per heavy atom. The van der Waals surface area contributed by atoms with Crippen LogP contribution in [0.1, 0.15) is 18.5 Å². The smallest absolute Gasteiger partial charge is 0.305 e. The quantitative estimate of drug-likeness (QED) is 0.774. The summed E-state index contributed by atoms with van der Waals surface area (Å²) in [6, 6.07) is 12.0. The van der Waals surface area contributed by atoms with Crippen molar-refractivity contribution in [3.05, 3.63) is 64.9 Å². The van der Waals surface area contributed by atoms with Crippen molar-refractivity contribution in [2.45, 2.75) is 13.0 Å². The Morgan fingerprint density at radius 2 is 1.79 bits per heavy atom. The van der Waals surface area contributed by atoms with Gasteiger partial charge in [0.05, 0.1) is 12.2 Å². The maximum absolute atomic E-state index is 13.4. The van der Waals surface area contributed by atoms with Gasteiger partial charge in [-0.05, 0) is 30.7 Å². The molecule has 0 heterocycles. The van der Waals surface area contributed by atoms with E-state index in [4.69, 9.17) is 11.6 Å². The van der Waals surface area contributed by atoms with Crippen molar-refractivity contribution < 1.29 is 14.0 Å². The van der Waals surface area contributed by atoms with Crippen molar-refractivity contribution in [3.8, 4) is 0 Å². The van der Waals surface area contributed by atoms with Crippen LogP contribution in [0, 0.1) is 5.82 Å². The molecule has 3 N–H and O–H groups in total. The summed E-state index contributed by atoms with van der Waals surface area (Å²) in [5.41, 5.74) is 0.850. The zero-order chi connectivity index (χ0) is 17.5. The number of rotatable bonds is 5. The Hall–Kier alpha value is -2.44. The van der Waals surface area contributed by atoms with Gasteiger partial charge in [-0.2, -0.15) is 0 Å². The van der Waals surface area contributed by atoms with Crippen LogP contribution in [0.3, 0.4) is 0 Å². The largest absolute Gasteiger partial charge is 0.326 e. The first kappa shape index (κ1) is 17.9. The molecule has 2 aromatic carbocycles. The second-order valence-corrected chi connectivity index (χ2v) is 5.51. The fourth-order valence-corrected chi connectivity index (χ4v) is 2.37. The molecule has 126 valence electrons. The highest BCUT2D eigenvalue weighted by atomic mass is 35.5. The van der Waals surface area contributed by atoms with Gasteiger partial charge in [-0.25, -0.2) is 9.18 Å². The van der Waals surface area contributed by atoms with Gasteiger partial charge >= 0.3 is 6.03 Å². The average molecular weight is 350 g/mol. The van der Waals surface area contributed by atoms with E-state index in [1.807, 2.05) is 25.1 Å². The van der Waals surface area contributed by atoms with E-state index < -0.39 is 17.8 Å². The molecule has 1 unspecified atom stereocenters. The third-order valence-electron chi connectivity index (χ3n) is 3.32. The summed E-state index contributed by atoms with van der Waals surface area (Å²) >= 11 is 6.08. The van der Waals surface area contributed by atoms with E-state index in [2.05, 4.69) is 16.0 Å². The highest BCUT2D eigenvalue weighted by molar-refractivity contribution is 6.31. The number of hydrogen-bond donors (Lipinski definition) is 3. The van der Waals surface area contributed by atoms with Gasteiger partial charge in [0.2, 0.25) is 5.91 Å². The minimum atomic E-state index is -0.794. The van der Waals surface area contributed by atoms with E-state index in [0.29, 0.717) is 5.02 Å². The van der Waals surface area contributed by atoms with Gasteiger partial charge in [0.15, 0.2) is 0 Å². The van der Waals surface area contributed by atoms with E-state index in [0.717, 1.165) is 5.56 Å². The number of para-hydroxylation sites is 1. The monoisotopic (exact) mass is 349 g/mol. The normalized spacial score (nSPS) is 11.6. The summed E-state index contributed by atoms with van der Waals surface area (Å²) in [6.45, 7) is 1.77. The van der Waals surface area contributed by atoms with Crippen LogP contribution < -0.4 is 16.0 Å². The maximum Gasteiger partial charge on any atom is 0.326 e. The number of carbonyl (C=O) groups is 2. The fourth-order valence-electron chi connectivity index (χ4n) is 2.07. The molecule has 7 heteroatoms. The molecule has 0 aliphatic heterocycles. The number of carbonyl (C=O) groups excluding carboxylic acids is 2. The molecule has 1 atom stereocenters. The Balaban J connectivity index is 1.82. The molecule has 5 nitrogen and oxygen atoms in total. The van der Waals surface area contributed by atoms with Gasteiger partial charge in [-0.1, -0.05) is 41.9 Å². The molecule has 0 radical (unpaired) electrons. The van der Waals surface area contributed by atoms with Gasteiger partial charge < -0.3 is 10.6 Å². The summed E-state index contributed by atoms with van der Waals surface area (Å²) < 4.78 is 13.4. The number of anilines is 1. The highest BCUT2D eigenvalue weighted by Gasteiger charge is 2.13. The molecular formula is C17H17ClFN3O2. The van der Waals surface area contributed by atoms with Crippen LogP contribution in [0.2, 0.25) is 5.02 Å². The number of amides is 3. The topological polar surface area (TPSA) is 70.2 Å². The molecule has 0 aliphatic carbocycles. The van der Waals surface area contributed by atoms with E-state index in [-0.39, 0.29) is 18.3 Å². The van der Waals surface area contributed by atoms with Crippen molar-refractivity contribution in [2.24, 2.45) is 0 Å². The van der Waals surface area contributed by atoms with Crippen molar-refractivity contribution in [2.75, 3.05) is 11.9 Å². The van der Waals surface area contributed by atoms with Crippen LogP contribution >= 0.6 is 11.6 Å². The highest BCUT2D eigenvalue weighted by Crippen LogP contribution is 2.21. The van der Waals surface area contributed by atoms with Crippen molar-refractivity contribution in [1.29, 1.82) is 0 Å². The lowest BCUT2D eigenvalue weighted by atomic mass is 10.1. The lowest BCUT2D eigenvalue weighted by molar-refractivity contribution is -0.119. The Labute approximate surface area is 144 Å². The van der Waals surface area contributed by atoms with Crippen LogP contribution in [0.25, 0.3) is 0 Å². The number of halogens is 2. The van der Waals surface area contributed by atoms with Crippen LogP contribution in [0.4, 0.5) is 14.9 Å². The molecule has 3 amide bonds. The molecule has 0 bridgehead atoms. The average Bonchev–Trinajstić information content (AvgIpc) is 2.55. The summed E-state index contributed by atoms with van der Waals surface area (Å²) in [5, 5.41) is 7.96. The van der Waals surface area contributed by atoms with Crippen molar-refractivity contribution >= 4 is 29.2 Å². The molecule has 0 saturated heterocycles. The lowest BCUT2D eigenvalue weighted by Crippen LogP contribution is -2.40. The number of imide groups is 1. The Morgan fingerprint density at radius 1 is 1.12 bits per heavy atom. The SMILES string of the molecule is CC(NCC(=O)NC(=O)Nc1ccccc1F)c1ccccc1Cl. The fraction of sp³-hybridized carbons (Fsp3) is 0.176. The van der Waals surface area contributed by atoms with Gasteiger partial charge in [-0.3, -0.25) is 10.1 Å². The first-order valence-electron chi connectivity index (χ1n) is 7.30. The molecule has 2 aromatic rings. The van der Waals surface area contributed by atoms with Crippen LogP contribution in [0.5, 0.6) is 0 Å². The second kappa shape index (κ2) is 8.42. The maximum atomic E-state index is 13.4. The zero-order valence-electron chi connectivity index (χ0n) is 13.0. The molecule has 0 spiro atoms. The third-order valence-corrected chi connectivity index (χ3v) is 3.66. The van der Waals surface area contributed by atoms with E-state index in [1.54, 1.807) is 12.1 Å². The van der Waals surface area contributed by atoms with Gasteiger partial charge in [0.1, 0.15) is 5.82 Å². The van der Waals surface area contributed by atoms with E-state index >= 15 is 0 Å². The predicted molar refractivity (Wildman–Crippen MR) is 91.4 cm³/mol. The van der Waals surface area contributed by atoms with Crippen LogP contribution in [-0.2, 0) is 4.79 Å². The van der Waals surface area contributed by atoms with E-state index in [1.165, 1.54) is 18.2 Å². The molecule has 0 aliphatic rings. The van der Waals surface area contributed by atoms with Crippen molar-refractivity contribution in [3.63, 3.8) is 0 Å². The van der Waals surface area contributed by atoms with Crippen LogP contribution in [-0.4, -0.2) is 18.5 Å². The minimum Gasteiger partial charge on any atom is -0.305 e. The van der Waals surface area contributed by atoms with Crippen LogP contribution in [0.15, 0.2) is 48.5 Å². The summed E-state index contributed by atoms with van der Waals surface area (Å²) in [5.74, 6) is -1.12.